The molecule has 7 heteroatoms. The first-order chi connectivity index (χ1) is 7.52. The van der Waals surface area contributed by atoms with Crippen molar-refractivity contribution in [3.05, 3.63) is 31.4 Å². The lowest BCUT2D eigenvalue weighted by molar-refractivity contribution is 0.222. The summed E-state index contributed by atoms with van der Waals surface area (Å²) in [7, 11) is 1.74. The first-order valence-corrected chi connectivity index (χ1v) is 6.53. The maximum Gasteiger partial charge on any atom is 0.133 e. The largest absolute Gasteiger partial charge is 0.383 e. The standard InChI is InChI=1S/C9H9BrClN3OS/c1-4-5(9(11)14(2)13-4)6(15)7-8(10)12-3-16-7/h3,6,15H,1-2H3. The Labute approximate surface area is 110 Å². The van der Waals surface area contributed by atoms with Gasteiger partial charge in [0.15, 0.2) is 0 Å². The molecule has 0 saturated heterocycles. The van der Waals surface area contributed by atoms with E-state index in [1.165, 1.54) is 11.3 Å². The minimum absolute atomic E-state index is 0.449. The molecule has 0 aliphatic rings. The summed E-state index contributed by atoms with van der Waals surface area (Å²) in [5.41, 5.74) is 3.02. The fourth-order valence-electron chi connectivity index (χ4n) is 1.51. The maximum atomic E-state index is 10.2. The SMILES string of the molecule is Cc1nn(C)c(Cl)c1C(O)c1scnc1Br. The molecule has 0 amide bonds. The highest BCUT2D eigenvalue weighted by atomic mass is 79.9. The van der Waals surface area contributed by atoms with Crippen LogP contribution in [0, 0.1) is 6.92 Å². The predicted molar refractivity (Wildman–Crippen MR) is 66.8 cm³/mol. The third kappa shape index (κ3) is 1.90. The molecule has 1 N–H and O–H groups in total. The van der Waals surface area contributed by atoms with Crippen molar-refractivity contribution in [2.24, 2.45) is 7.05 Å². The summed E-state index contributed by atoms with van der Waals surface area (Å²) in [5, 5.41) is 14.9. The van der Waals surface area contributed by atoms with Crippen LogP contribution in [-0.2, 0) is 7.05 Å². The molecule has 16 heavy (non-hydrogen) atoms. The van der Waals surface area contributed by atoms with Gasteiger partial charge in [-0.15, -0.1) is 11.3 Å². The number of nitrogens with zero attached hydrogens (tertiary/aromatic N) is 3. The van der Waals surface area contributed by atoms with Crippen molar-refractivity contribution in [1.29, 1.82) is 0 Å². The van der Waals surface area contributed by atoms with Gasteiger partial charge < -0.3 is 5.11 Å². The fourth-order valence-corrected chi connectivity index (χ4v) is 3.19. The van der Waals surface area contributed by atoms with Crippen molar-refractivity contribution in [1.82, 2.24) is 14.8 Å². The van der Waals surface area contributed by atoms with E-state index in [1.807, 2.05) is 6.92 Å². The number of hydrogen-bond donors (Lipinski definition) is 1. The van der Waals surface area contributed by atoms with Crippen molar-refractivity contribution in [3.63, 3.8) is 0 Å². The summed E-state index contributed by atoms with van der Waals surface area (Å²) in [6, 6.07) is 0. The number of halogens is 2. The van der Waals surface area contributed by atoms with E-state index in [1.54, 1.807) is 17.2 Å². The molecular formula is C9H9BrClN3OS. The monoisotopic (exact) mass is 321 g/mol. The minimum Gasteiger partial charge on any atom is -0.383 e. The quantitative estimate of drug-likeness (QED) is 0.925. The van der Waals surface area contributed by atoms with Crippen molar-refractivity contribution in [2.75, 3.05) is 0 Å². The molecule has 4 nitrogen and oxygen atoms in total. The zero-order valence-electron chi connectivity index (χ0n) is 8.61. The van der Waals surface area contributed by atoms with Gasteiger partial charge in [-0.25, -0.2) is 4.98 Å². The number of aryl methyl sites for hydroxylation is 2. The van der Waals surface area contributed by atoms with E-state index in [0.29, 0.717) is 15.3 Å². The first kappa shape index (κ1) is 12.0. The molecule has 2 aromatic rings. The molecule has 0 aliphatic carbocycles. The van der Waals surface area contributed by atoms with Crippen LogP contribution in [0.1, 0.15) is 22.2 Å². The van der Waals surface area contributed by atoms with Gasteiger partial charge in [-0.1, -0.05) is 11.6 Å². The van der Waals surface area contributed by atoms with Gasteiger partial charge >= 0.3 is 0 Å². The highest BCUT2D eigenvalue weighted by molar-refractivity contribution is 9.10. The minimum atomic E-state index is -0.789. The molecule has 0 saturated carbocycles. The highest BCUT2D eigenvalue weighted by Crippen LogP contribution is 2.35. The number of rotatable bonds is 2. The smallest absolute Gasteiger partial charge is 0.133 e. The molecular weight excluding hydrogens is 314 g/mol. The van der Waals surface area contributed by atoms with Gasteiger partial charge in [-0.2, -0.15) is 5.10 Å². The molecule has 0 fully saturated rings. The Kier molecular flexibility index (Phi) is 3.34. The van der Waals surface area contributed by atoms with E-state index in [-0.39, 0.29) is 0 Å². The summed E-state index contributed by atoms with van der Waals surface area (Å²) >= 11 is 10.8. The average Bonchev–Trinajstić information content (AvgIpc) is 2.73. The van der Waals surface area contributed by atoms with Crippen LogP contribution in [0.3, 0.4) is 0 Å². The van der Waals surface area contributed by atoms with Crippen LogP contribution in [0.15, 0.2) is 10.1 Å². The van der Waals surface area contributed by atoms with E-state index in [0.717, 1.165) is 10.6 Å². The number of aliphatic hydroxyl groups is 1. The van der Waals surface area contributed by atoms with Gasteiger partial charge in [-0.3, -0.25) is 4.68 Å². The topological polar surface area (TPSA) is 50.9 Å². The summed E-state index contributed by atoms with van der Waals surface area (Å²) < 4.78 is 2.19. The Morgan fingerprint density at radius 1 is 1.62 bits per heavy atom. The zero-order chi connectivity index (χ0) is 11.9. The summed E-state index contributed by atoms with van der Waals surface area (Å²) in [6.07, 6.45) is -0.789. The molecule has 0 aliphatic heterocycles. The van der Waals surface area contributed by atoms with E-state index in [2.05, 4.69) is 26.0 Å². The molecule has 0 radical (unpaired) electrons. The lowest BCUT2D eigenvalue weighted by atomic mass is 10.1. The summed E-state index contributed by atoms with van der Waals surface area (Å²) in [4.78, 5) is 4.77. The van der Waals surface area contributed by atoms with Gasteiger partial charge in [-0.05, 0) is 22.9 Å². The van der Waals surface area contributed by atoms with Crippen LogP contribution in [0.25, 0.3) is 0 Å². The van der Waals surface area contributed by atoms with Gasteiger partial charge in [0.25, 0.3) is 0 Å². The predicted octanol–water partition coefficient (Wildman–Crippen LogP) is 2.68. The average molecular weight is 323 g/mol. The van der Waals surface area contributed by atoms with Crippen LogP contribution in [0.2, 0.25) is 5.15 Å². The number of aliphatic hydroxyl groups excluding tert-OH is 1. The second-order valence-corrected chi connectivity index (χ2v) is 5.32. The van der Waals surface area contributed by atoms with E-state index in [4.69, 9.17) is 11.6 Å². The summed E-state index contributed by atoms with van der Waals surface area (Å²) in [5.74, 6) is 0. The van der Waals surface area contributed by atoms with Crippen molar-refractivity contribution in [3.8, 4) is 0 Å². The van der Waals surface area contributed by atoms with Gasteiger partial charge in [0.05, 0.1) is 16.1 Å². The Balaban J connectivity index is 2.49. The van der Waals surface area contributed by atoms with Gasteiger partial charge in [0.2, 0.25) is 0 Å². The molecule has 2 heterocycles. The van der Waals surface area contributed by atoms with Crippen LogP contribution in [0.4, 0.5) is 0 Å². The molecule has 86 valence electrons. The molecule has 2 rings (SSSR count). The van der Waals surface area contributed by atoms with Crippen molar-refractivity contribution in [2.45, 2.75) is 13.0 Å². The van der Waals surface area contributed by atoms with E-state index >= 15 is 0 Å². The normalized spacial score (nSPS) is 13.1. The zero-order valence-corrected chi connectivity index (χ0v) is 11.8. The second-order valence-electron chi connectivity index (χ2n) is 3.32. The fraction of sp³-hybridized carbons (Fsp3) is 0.333. The van der Waals surface area contributed by atoms with Crippen molar-refractivity contribution >= 4 is 38.9 Å². The van der Waals surface area contributed by atoms with E-state index < -0.39 is 6.10 Å². The van der Waals surface area contributed by atoms with Crippen LogP contribution in [0.5, 0.6) is 0 Å². The molecule has 0 spiro atoms. The number of aromatic nitrogens is 3. The number of hydrogen-bond acceptors (Lipinski definition) is 4. The molecule has 0 bridgehead atoms. The Morgan fingerprint density at radius 2 is 2.31 bits per heavy atom. The molecule has 1 unspecified atom stereocenters. The second kappa shape index (κ2) is 4.44. The van der Waals surface area contributed by atoms with Gasteiger partial charge in [0.1, 0.15) is 15.9 Å². The maximum absolute atomic E-state index is 10.2. The lowest BCUT2D eigenvalue weighted by Gasteiger charge is -2.08. The van der Waals surface area contributed by atoms with Gasteiger partial charge in [0, 0.05) is 12.6 Å². The molecule has 1 atom stereocenters. The van der Waals surface area contributed by atoms with E-state index in [9.17, 15) is 5.11 Å². The molecule has 0 aromatic carbocycles. The first-order valence-electron chi connectivity index (χ1n) is 4.48. The Hall–Kier alpha value is -0.430. The number of thiazole rings is 1. The lowest BCUT2D eigenvalue weighted by Crippen LogP contribution is -2.00. The Morgan fingerprint density at radius 3 is 2.75 bits per heavy atom. The van der Waals surface area contributed by atoms with Crippen molar-refractivity contribution < 1.29 is 5.11 Å². The van der Waals surface area contributed by atoms with Crippen LogP contribution < -0.4 is 0 Å². The summed E-state index contributed by atoms with van der Waals surface area (Å²) in [6.45, 7) is 1.82. The third-order valence-electron chi connectivity index (χ3n) is 2.27. The van der Waals surface area contributed by atoms with Crippen LogP contribution in [-0.4, -0.2) is 19.9 Å². The highest BCUT2D eigenvalue weighted by Gasteiger charge is 2.24. The van der Waals surface area contributed by atoms with Crippen LogP contribution >= 0.6 is 38.9 Å². The Bertz CT molecular complexity index is 525. The third-order valence-corrected chi connectivity index (χ3v) is 4.49. The molecule has 2 aromatic heterocycles.